The molecule has 1 atom stereocenters. The Kier molecular flexibility index (Phi) is 6.86. The highest BCUT2D eigenvalue weighted by Gasteiger charge is 2.31. The van der Waals surface area contributed by atoms with Crippen molar-refractivity contribution in [2.24, 2.45) is 5.10 Å². The molecule has 2 rings (SSSR count). The first-order valence-corrected chi connectivity index (χ1v) is 8.33. The van der Waals surface area contributed by atoms with E-state index in [1.54, 1.807) is 32.0 Å². The second-order valence-electron chi connectivity index (χ2n) is 5.78. The Morgan fingerprint density at radius 2 is 1.93 bits per heavy atom. The molecular formula is C19H19F3N2O4. The number of aryl methyl sites for hydroxylation is 1. The van der Waals surface area contributed by atoms with Crippen LogP contribution in [0.5, 0.6) is 17.2 Å². The Bertz CT molecular complexity index is 853. The number of alkyl halides is 3. The van der Waals surface area contributed by atoms with Gasteiger partial charge >= 0.3 is 6.36 Å². The molecule has 2 N–H and O–H groups in total. The number of para-hydroxylation sites is 1. The lowest BCUT2D eigenvalue weighted by Crippen LogP contribution is -2.35. The SMILES string of the molecule is CCC(Oc1cccc(OC(F)(F)F)c1)C(=O)NN=Cc1cccc(C)c1O. The van der Waals surface area contributed by atoms with Crippen molar-refractivity contribution >= 4 is 12.1 Å². The van der Waals surface area contributed by atoms with Gasteiger partial charge in [-0.2, -0.15) is 5.10 Å². The molecule has 0 heterocycles. The molecule has 0 aliphatic heterocycles. The highest BCUT2D eigenvalue weighted by molar-refractivity contribution is 5.86. The summed E-state index contributed by atoms with van der Waals surface area (Å²) in [5.41, 5.74) is 3.37. The number of phenols is 1. The number of nitrogens with one attached hydrogen (secondary N) is 1. The second-order valence-corrected chi connectivity index (χ2v) is 5.78. The molecule has 150 valence electrons. The van der Waals surface area contributed by atoms with E-state index in [-0.39, 0.29) is 17.9 Å². The van der Waals surface area contributed by atoms with Crippen LogP contribution in [-0.4, -0.2) is 29.7 Å². The summed E-state index contributed by atoms with van der Waals surface area (Å²) in [6.07, 6.45) is -4.27. The average molecular weight is 396 g/mol. The van der Waals surface area contributed by atoms with Crippen LogP contribution in [0.3, 0.4) is 0 Å². The van der Waals surface area contributed by atoms with E-state index >= 15 is 0 Å². The molecular weight excluding hydrogens is 377 g/mol. The number of rotatable bonds is 7. The van der Waals surface area contributed by atoms with Crippen molar-refractivity contribution in [2.75, 3.05) is 0 Å². The van der Waals surface area contributed by atoms with Gasteiger partial charge in [0.1, 0.15) is 17.2 Å². The average Bonchev–Trinajstić information content (AvgIpc) is 2.62. The third-order valence-electron chi connectivity index (χ3n) is 3.63. The molecule has 0 aliphatic rings. The number of aromatic hydroxyl groups is 1. The summed E-state index contributed by atoms with van der Waals surface area (Å²) in [4.78, 5) is 12.2. The molecule has 28 heavy (non-hydrogen) atoms. The van der Waals surface area contributed by atoms with Crippen molar-refractivity contribution in [2.45, 2.75) is 32.7 Å². The number of benzene rings is 2. The molecule has 0 spiro atoms. The van der Waals surface area contributed by atoms with E-state index in [9.17, 15) is 23.1 Å². The molecule has 6 nitrogen and oxygen atoms in total. The number of ether oxygens (including phenoxy) is 2. The highest BCUT2D eigenvalue weighted by Crippen LogP contribution is 2.26. The van der Waals surface area contributed by atoms with Gasteiger partial charge in [0, 0.05) is 11.6 Å². The van der Waals surface area contributed by atoms with Crippen molar-refractivity contribution in [3.63, 3.8) is 0 Å². The van der Waals surface area contributed by atoms with E-state index in [2.05, 4.69) is 15.3 Å². The molecule has 0 saturated carbocycles. The van der Waals surface area contributed by atoms with Crippen LogP contribution in [0, 0.1) is 6.92 Å². The van der Waals surface area contributed by atoms with Crippen LogP contribution < -0.4 is 14.9 Å². The van der Waals surface area contributed by atoms with E-state index < -0.39 is 24.1 Å². The number of phenolic OH excluding ortho intramolecular Hbond substituents is 1. The Morgan fingerprint density at radius 3 is 2.61 bits per heavy atom. The van der Waals surface area contributed by atoms with Gasteiger partial charge in [-0.15, -0.1) is 13.2 Å². The van der Waals surface area contributed by atoms with Gasteiger partial charge in [-0.05, 0) is 37.1 Å². The summed E-state index contributed by atoms with van der Waals surface area (Å²) < 4.78 is 46.2. The topological polar surface area (TPSA) is 80.2 Å². The van der Waals surface area contributed by atoms with E-state index in [1.807, 2.05) is 0 Å². The number of carbonyl (C=O) groups is 1. The van der Waals surface area contributed by atoms with Crippen molar-refractivity contribution in [1.82, 2.24) is 5.43 Å². The van der Waals surface area contributed by atoms with E-state index in [0.29, 0.717) is 11.1 Å². The second kappa shape index (κ2) is 9.12. The number of halogens is 3. The summed E-state index contributed by atoms with van der Waals surface area (Å²) >= 11 is 0. The number of nitrogens with zero attached hydrogens (tertiary/aromatic N) is 1. The van der Waals surface area contributed by atoms with Crippen LogP contribution in [0.2, 0.25) is 0 Å². The molecule has 0 saturated heterocycles. The van der Waals surface area contributed by atoms with Gasteiger partial charge in [0.15, 0.2) is 6.10 Å². The molecule has 0 aliphatic carbocycles. The largest absolute Gasteiger partial charge is 0.573 e. The number of hydrogen-bond donors (Lipinski definition) is 2. The first-order valence-electron chi connectivity index (χ1n) is 8.33. The van der Waals surface area contributed by atoms with E-state index in [1.165, 1.54) is 18.3 Å². The first-order chi connectivity index (χ1) is 13.2. The van der Waals surface area contributed by atoms with Crippen LogP contribution in [0.4, 0.5) is 13.2 Å². The zero-order chi connectivity index (χ0) is 20.7. The van der Waals surface area contributed by atoms with Gasteiger partial charge in [0.2, 0.25) is 0 Å². The van der Waals surface area contributed by atoms with Gasteiger partial charge in [-0.1, -0.05) is 25.1 Å². The fourth-order valence-electron chi connectivity index (χ4n) is 2.25. The van der Waals surface area contributed by atoms with Crippen LogP contribution in [0.25, 0.3) is 0 Å². The summed E-state index contributed by atoms with van der Waals surface area (Å²) in [6.45, 7) is 3.40. The smallest absolute Gasteiger partial charge is 0.507 e. The zero-order valence-corrected chi connectivity index (χ0v) is 15.2. The minimum atomic E-state index is -4.82. The van der Waals surface area contributed by atoms with Crippen molar-refractivity contribution < 1.29 is 32.5 Å². The summed E-state index contributed by atoms with van der Waals surface area (Å²) in [6, 6.07) is 9.97. The monoisotopic (exact) mass is 396 g/mol. The van der Waals surface area contributed by atoms with Crippen molar-refractivity contribution in [3.05, 3.63) is 53.6 Å². The van der Waals surface area contributed by atoms with Crippen LogP contribution in [0.15, 0.2) is 47.6 Å². The van der Waals surface area contributed by atoms with Crippen molar-refractivity contribution in [3.8, 4) is 17.2 Å². The third-order valence-corrected chi connectivity index (χ3v) is 3.63. The Morgan fingerprint density at radius 1 is 1.25 bits per heavy atom. The fraction of sp³-hybridized carbons (Fsp3) is 0.263. The summed E-state index contributed by atoms with van der Waals surface area (Å²) in [5, 5.41) is 13.7. The minimum Gasteiger partial charge on any atom is -0.507 e. The molecule has 0 radical (unpaired) electrons. The molecule has 0 bridgehead atoms. The predicted octanol–water partition coefficient (Wildman–Crippen LogP) is 3.91. The van der Waals surface area contributed by atoms with Gasteiger partial charge in [-0.25, -0.2) is 5.43 Å². The minimum absolute atomic E-state index is 0.0454. The number of carbonyl (C=O) groups excluding carboxylic acids is 1. The number of amides is 1. The van der Waals surface area contributed by atoms with E-state index in [0.717, 1.165) is 12.1 Å². The summed E-state index contributed by atoms with van der Waals surface area (Å²) in [7, 11) is 0. The lowest BCUT2D eigenvalue weighted by atomic mass is 10.1. The maximum absolute atomic E-state index is 12.3. The standard InChI is InChI=1S/C19H19F3N2O4/c1-3-16(27-14-8-5-9-15(10-14)28-19(20,21)22)18(26)24-23-11-13-7-4-6-12(2)17(13)25/h4-11,16,25H,3H2,1-2H3,(H,24,26). The van der Waals surface area contributed by atoms with Gasteiger partial charge < -0.3 is 14.6 Å². The molecule has 0 fully saturated rings. The Hall–Kier alpha value is -3.23. The quantitative estimate of drug-likeness (QED) is 0.549. The van der Waals surface area contributed by atoms with E-state index in [4.69, 9.17) is 4.74 Å². The van der Waals surface area contributed by atoms with Crippen LogP contribution in [0.1, 0.15) is 24.5 Å². The maximum Gasteiger partial charge on any atom is 0.573 e. The molecule has 2 aromatic carbocycles. The number of hydrogen-bond acceptors (Lipinski definition) is 5. The Balaban J connectivity index is 2.01. The lowest BCUT2D eigenvalue weighted by molar-refractivity contribution is -0.274. The van der Waals surface area contributed by atoms with Crippen LogP contribution >= 0.6 is 0 Å². The highest BCUT2D eigenvalue weighted by atomic mass is 19.4. The van der Waals surface area contributed by atoms with Gasteiger partial charge in [-0.3, -0.25) is 4.79 Å². The molecule has 0 aromatic heterocycles. The maximum atomic E-state index is 12.3. The summed E-state index contributed by atoms with van der Waals surface area (Å²) in [5.74, 6) is -0.949. The lowest BCUT2D eigenvalue weighted by Gasteiger charge is -2.16. The third kappa shape index (κ3) is 6.19. The van der Waals surface area contributed by atoms with Gasteiger partial charge in [0.05, 0.1) is 6.21 Å². The van der Waals surface area contributed by atoms with Crippen LogP contribution in [-0.2, 0) is 4.79 Å². The fourth-order valence-corrected chi connectivity index (χ4v) is 2.25. The molecule has 9 heteroatoms. The van der Waals surface area contributed by atoms with Gasteiger partial charge in [0.25, 0.3) is 5.91 Å². The molecule has 1 unspecified atom stereocenters. The molecule has 2 aromatic rings. The van der Waals surface area contributed by atoms with Crippen molar-refractivity contribution in [1.29, 1.82) is 0 Å². The first kappa shape index (κ1) is 21.1. The number of hydrazone groups is 1. The predicted molar refractivity (Wildman–Crippen MR) is 96.4 cm³/mol. The normalized spacial score (nSPS) is 12.6. The zero-order valence-electron chi connectivity index (χ0n) is 15.2. The Labute approximate surface area is 159 Å². The molecule has 1 amide bonds.